The molecule has 24 heavy (non-hydrogen) atoms. The smallest absolute Gasteiger partial charge is 0.337 e. The van der Waals surface area contributed by atoms with Crippen molar-refractivity contribution < 1.29 is 23.9 Å². The highest BCUT2D eigenvalue weighted by atomic mass is 32.1. The Labute approximate surface area is 142 Å². The quantitative estimate of drug-likeness (QED) is 0.643. The minimum absolute atomic E-state index is 0.376. The van der Waals surface area contributed by atoms with Crippen LogP contribution in [-0.2, 0) is 19.1 Å². The van der Waals surface area contributed by atoms with Crippen LogP contribution in [0.2, 0.25) is 0 Å². The van der Waals surface area contributed by atoms with E-state index in [0.717, 1.165) is 4.88 Å². The number of carbonyl (C=O) groups excluding carboxylic acids is 3. The molecule has 1 N–H and O–H groups in total. The van der Waals surface area contributed by atoms with E-state index < -0.39 is 24.5 Å². The SMILES string of the molecule is COC(=O)c1ccc(NC(=O)COC(=O)C=Cc2cccs2)cc1. The molecule has 0 unspecified atom stereocenters. The number of thiophene rings is 1. The second kappa shape index (κ2) is 8.64. The Kier molecular flexibility index (Phi) is 6.27. The Bertz CT molecular complexity index is 735. The van der Waals surface area contributed by atoms with Crippen LogP contribution in [0.15, 0.2) is 47.9 Å². The predicted octanol–water partition coefficient (Wildman–Crippen LogP) is 2.73. The van der Waals surface area contributed by atoms with Crippen molar-refractivity contribution in [3.05, 3.63) is 58.3 Å². The molecule has 2 rings (SSSR count). The highest BCUT2D eigenvalue weighted by Gasteiger charge is 2.08. The molecular formula is C17H15NO5S. The summed E-state index contributed by atoms with van der Waals surface area (Å²) in [6, 6.07) is 9.90. The number of hydrogen-bond acceptors (Lipinski definition) is 6. The van der Waals surface area contributed by atoms with E-state index in [-0.39, 0.29) is 0 Å². The highest BCUT2D eigenvalue weighted by molar-refractivity contribution is 7.10. The van der Waals surface area contributed by atoms with Gasteiger partial charge in [-0.1, -0.05) is 6.07 Å². The summed E-state index contributed by atoms with van der Waals surface area (Å²) in [6.45, 7) is -0.396. The lowest BCUT2D eigenvalue weighted by atomic mass is 10.2. The number of hydrogen-bond donors (Lipinski definition) is 1. The highest BCUT2D eigenvalue weighted by Crippen LogP contribution is 2.11. The Balaban J connectivity index is 1.78. The van der Waals surface area contributed by atoms with Crippen LogP contribution >= 0.6 is 11.3 Å². The maximum atomic E-state index is 11.7. The Morgan fingerprint density at radius 3 is 2.54 bits per heavy atom. The fourth-order valence-electron chi connectivity index (χ4n) is 1.73. The van der Waals surface area contributed by atoms with Crippen molar-refractivity contribution in [2.24, 2.45) is 0 Å². The first-order valence-electron chi connectivity index (χ1n) is 6.95. The van der Waals surface area contributed by atoms with Crippen molar-refractivity contribution in [3.8, 4) is 0 Å². The average molecular weight is 345 g/mol. The molecule has 1 heterocycles. The molecule has 0 saturated carbocycles. The zero-order valence-electron chi connectivity index (χ0n) is 12.9. The van der Waals surface area contributed by atoms with Crippen molar-refractivity contribution in [1.29, 1.82) is 0 Å². The first kappa shape index (κ1) is 17.4. The largest absolute Gasteiger partial charge is 0.465 e. The summed E-state index contributed by atoms with van der Waals surface area (Å²) in [6.07, 6.45) is 2.89. The summed E-state index contributed by atoms with van der Waals surface area (Å²) in [7, 11) is 1.29. The number of esters is 2. The minimum atomic E-state index is -0.598. The summed E-state index contributed by atoms with van der Waals surface area (Å²) in [5, 5.41) is 4.45. The number of rotatable bonds is 6. The molecule has 124 valence electrons. The molecule has 1 amide bonds. The second-order valence-corrected chi connectivity index (χ2v) is 5.55. The fraction of sp³-hybridized carbons (Fsp3) is 0.118. The van der Waals surface area contributed by atoms with Gasteiger partial charge in [0.05, 0.1) is 12.7 Å². The van der Waals surface area contributed by atoms with Gasteiger partial charge in [0.25, 0.3) is 5.91 Å². The Morgan fingerprint density at radius 2 is 1.92 bits per heavy atom. The summed E-state index contributed by atoms with van der Waals surface area (Å²) in [4.78, 5) is 35.5. The van der Waals surface area contributed by atoms with Crippen LogP contribution in [0.3, 0.4) is 0 Å². The average Bonchev–Trinajstić information content (AvgIpc) is 3.11. The van der Waals surface area contributed by atoms with E-state index in [1.807, 2.05) is 17.5 Å². The number of amides is 1. The molecule has 0 atom stereocenters. The third-order valence-corrected chi connectivity index (χ3v) is 3.70. The van der Waals surface area contributed by atoms with E-state index >= 15 is 0 Å². The summed E-state index contributed by atoms with van der Waals surface area (Å²) >= 11 is 1.49. The molecule has 0 spiro atoms. The number of benzene rings is 1. The fourth-order valence-corrected chi connectivity index (χ4v) is 2.34. The zero-order chi connectivity index (χ0) is 17.4. The van der Waals surface area contributed by atoms with Crippen LogP contribution in [-0.4, -0.2) is 31.6 Å². The van der Waals surface area contributed by atoms with Crippen LogP contribution in [0, 0.1) is 0 Å². The second-order valence-electron chi connectivity index (χ2n) is 4.57. The van der Waals surface area contributed by atoms with Crippen LogP contribution in [0.5, 0.6) is 0 Å². The lowest BCUT2D eigenvalue weighted by Crippen LogP contribution is -2.20. The van der Waals surface area contributed by atoms with Gasteiger partial charge in [0.2, 0.25) is 0 Å². The topological polar surface area (TPSA) is 81.7 Å². The Hall–Kier alpha value is -2.93. The van der Waals surface area contributed by atoms with E-state index in [9.17, 15) is 14.4 Å². The number of nitrogens with one attached hydrogen (secondary N) is 1. The first-order valence-corrected chi connectivity index (χ1v) is 7.83. The van der Waals surface area contributed by atoms with Gasteiger partial charge in [-0.05, 0) is 41.8 Å². The van der Waals surface area contributed by atoms with Crippen molar-refractivity contribution in [1.82, 2.24) is 0 Å². The van der Waals surface area contributed by atoms with E-state index in [2.05, 4.69) is 10.1 Å². The maximum absolute atomic E-state index is 11.7. The van der Waals surface area contributed by atoms with Crippen molar-refractivity contribution in [3.63, 3.8) is 0 Å². The van der Waals surface area contributed by atoms with Crippen LogP contribution in [0.4, 0.5) is 5.69 Å². The normalized spacial score (nSPS) is 10.4. The van der Waals surface area contributed by atoms with E-state index in [0.29, 0.717) is 11.3 Å². The standard InChI is InChI=1S/C17H15NO5S/c1-22-17(21)12-4-6-13(7-5-12)18-15(19)11-23-16(20)9-8-14-3-2-10-24-14/h2-10H,11H2,1H3,(H,18,19). The first-order chi connectivity index (χ1) is 11.6. The molecule has 0 radical (unpaired) electrons. The molecule has 0 aliphatic carbocycles. The molecule has 0 saturated heterocycles. The molecule has 0 bridgehead atoms. The predicted molar refractivity (Wildman–Crippen MR) is 90.7 cm³/mol. The van der Waals surface area contributed by atoms with Crippen LogP contribution < -0.4 is 5.32 Å². The number of methoxy groups -OCH3 is 1. The molecule has 6 nitrogen and oxygen atoms in total. The number of ether oxygens (including phenoxy) is 2. The van der Waals surface area contributed by atoms with Crippen molar-refractivity contribution in [2.45, 2.75) is 0 Å². The third kappa shape index (κ3) is 5.36. The summed E-state index contributed by atoms with van der Waals surface area (Å²) in [5.41, 5.74) is 0.860. The molecule has 2 aromatic rings. The van der Waals surface area contributed by atoms with E-state index in [1.54, 1.807) is 18.2 Å². The van der Waals surface area contributed by atoms with Gasteiger partial charge in [-0.2, -0.15) is 0 Å². The summed E-state index contributed by atoms with van der Waals surface area (Å²) in [5.74, 6) is -1.53. The van der Waals surface area contributed by atoms with Gasteiger partial charge in [-0.3, -0.25) is 4.79 Å². The van der Waals surface area contributed by atoms with Crippen LogP contribution in [0.1, 0.15) is 15.2 Å². The van der Waals surface area contributed by atoms with Gasteiger partial charge in [0.15, 0.2) is 6.61 Å². The lowest BCUT2D eigenvalue weighted by Gasteiger charge is -2.06. The Morgan fingerprint density at radius 1 is 1.17 bits per heavy atom. The third-order valence-electron chi connectivity index (χ3n) is 2.86. The van der Waals surface area contributed by atoms with Gasteiger partial charge in [-0.15, -0.1) is 11.3 Å². The molecule has 0 aliphatic heterocycles. The van der Waals surface area contributed by atoms with Gasteiger partial charge < -0.3 is 14.8 Å². The molecule has 1 aromatic heterocycles. The van der Waals surface area contributed by atoms with Crippen molar-refractivity contribution >= 4 is 40.9 Å². The van der Waals surface area contributed by atoms with Gasteiger partial charge in [-0.25, -0.2) is 9.59 Å². The van der Waals surface area contributed by atoms with Gasteiger partial charge in [0.1, 0.15) is 0 Å². The van der Waals surface area contributed by atoms with Crippen molar-refractivity contribution in [2.75, 3.05) is 19.0 Å². The van der Waals surface area contributed by atoms with Gasteiger partial charge >= 0.3 is 11.9 Å². The van der Waals surface area contributed by atoms with Crippen LogP contribution in [0.25, 0.3) is 6.08 Å². The molecule has 7 heteroatoms. The molecule has 0 fully saturated rings. The van der Waals surface area contributed by atoms with E-state index in [4.69, 9.17) is 4.74 Å². The maximum Gasteiger partial charge on any atom is 0.337 e. The summed E-state index contributed by atoms with van der Waals surface area (Å²) < 4.78 is 9.43. The monoisotopic (exact) mass is 345 g/mol. The zero-order valence-corrected chi connectivity index (χ0v) is 13.7. The number of carbonyl (C=O) groups is 3. The molecular weight excluding hydrogens is 330 g/mol. The van der Waals surface area contributed by atoms with E-state index in [1.165, 1.54) is 36.7 Å². The molecule has 1 aromatic carbocycles. The van der Waals surface area contributed by atoms with Gasteiger partial charge in [0, 0.05) is 16.6 Å². The molecule has 0 aliphatic rings. The number of anilines is 1. The lowest BCUT2D eigenvalue weighted by molar-refractivity contribution is -0.142. The minimum Gasteiger partial charge on any atom is -0.465 e.